The molecule has 1 aliphatic heterocycles. The molecule has 3 heteroatoms. The van der Waals surface area contributed by atoms with E-state index in [0.29, 0.717) is 6.79 Å². The lowest BCUT2D eigenvalue weighted by molar-refractivity contribution is 0.175. The molecule has 0 N–H and O–H groups in total. The Morgan fingerprint density at radius 3 is 2.82 bits per heavy atom. The van der Waals surface area contributed by atoms with Gasteiger partial charge in [-0.1, -0.05) is 6.07 Å². The minimum absolute atomic E-state index is 0.305. The SMILES string of the molecule is c1cc2ccc3c4c(ccc3c2cn1)OCO4. The van der Waals surface area contributed by atoms with E-state index in [2.05, 4.69) is 23.2 Å². The van der Waals surface area contributed by atoms with Crippen molar-refractivity contribution < 1.29 is 9.47 Å². The molecule has 3 aromatic rings. The first-order chi connectivity index (χ1) is 8.43. The molecule has 1 aromatic heterocycles. The van der Waals surface area contributed by atoms with Gasteiger partial charge in [0.15, 0.2) is 11.5 Å². The first kappa shape index (κ1) is 8.82. The maximum atomic E-state index is 5.52. The van der Waals surface area contributed by atoms with Crippen molar-refractivity contribution in [3.63, 3.8) is 0 Å². The maximum absolute atomic E-state index is 5.52. The van der Waals surface area contributed by atoms with Gasteiger partial charge in [-0.25, -0.2) is 0 Å². The minimum Gasteiger partial charge on any atom is -0.454 e. The second-order valence-corrected chi connectivity index (χ2v) is 4.06. The van der Waals surface area contributed by atoms with Crippen molar-refractivity contribution in [1.29, 1.82) is 0 Å². The third kappa shape index (κ3) is 1.13. The van der Waals surface area contributed by atoms with Gasteiger partial charge in [-0.2, -0.15) is 0 Å². The fraction of sp³-hybridized carbons (Fsp3) is 0.0714. The highest BCUT2D eigenvalue weighted by Gasteiger charge is 2.17. The van der Waals surface area contributed by atoms with Gasteiger partial charge >= 0.3 is 0 Å². The quantitative estimate of drug-likeness (QED) is 0.549. The van der Waals surface area contributed by atoms with Gasteiger partial charge < -0.3 is 9.47 Å². The predicted molar refractivity (Wildman–Crippen MR) is 65.4 cm³/mol. The van der Waals surface area contributed by atoms with Gasteiger partial charge in [0.1, 0.15) is 0 Å². The summed E-state index contributed by atoms with van der Waals surface area (Å²) in [5.74, 6) is 1.66. The van der Waals surface area contributed by atoms with E-state index in [1.807, 2.05) is 18.3 Å². The van der Waals surface area contributed by atoms with Crippen LogP contribution in [0.4, 0.5) is 0 Å². The zero-order chi connectivity index (χ0) is 11.2. The highest BCUT2D eigenvalue weighted by Crippen LogP contribution is 2.40. The molecule has 17 heavy (non-hydrogen) atoms. The van der Waals surface area contributed by atoms with E-state index in [1.165, 1.54) is 5.39 Å². The molecule has 0 radical (unpaired) electrons. The zero-order valence-corrected chi connectivity index (χ0v) is 9.01. The second kappa shape index (κ2) is 3.10. The highest BCUT2D eigenvalue weighted by molar-refractivity contribution is 6.09. The van der Waals surface area contributed by atoms with E-state index in [1.54, 1.807) is 6.20 Å². The number of rotatable bonds is 0. The standard InChI is InChI=1S/C14H9NO2/c1-2-11-10(12-7-15-6-5-9(1)12)3-4-13-14(11)17-8-16-13/h1-7H,8H2. The van der Waals surface area contributed by atoms with E-state index < -0.39 is 0 Å². The lowest BCUT2D eigenvalue weighted by Gasteiger charge is -2.05. The van der Waals surface area contributed by atoms with Gasteiger partial charge in [-0.05, 0) is 35.0 Å². The first-order valence-corrected chi connectivity index (χ1v) is 5.48. The Hall–Kier alpha value is -2.29. The summed E-state index contributed by atoms with van der Waals surface area (Å²) < 4.78 is 10.9. The van der Waals surface area contributed by atoms with Crippen LogP contribution in [0.3, 0.4) is 0 Å². The Bertz CT molecular complexity index is 737. The summed E-state index contributed by atoms with van der Waals surface area (Å²) in [5.41, 5.74) is 0. The van der Waals surface area contributed by atoms with Gasteiger partial charge in [0.05, 0.1) is 0 Å². The van der Waals surface area contributed by atoms with Gasteiger partial charge in [0.2, 0.25) is 6.79 Å². The van der Waals surface area contributed by atoms with E-state index in [-0.39, 0.29) is 0 Å². The zero-order valence-electron chi connectivity index (χ0n) is 9.01. The van der Waals surface area contributed by atoms with Crippen molar-refractivity contribution in [1.82, 2.24) is 4.98 Å². The molecule has 0 amide bonds. The number of fused-ring (bicyclic) bond motifs is 5. The Morgan fingerprint density at radius 1 is 0.882 bits per heavy atom. The largest absolute Gasteiger partial charge is 0.454 e. The van der Waals surface area contributed by atoms with Gasteiger partial charge in [-0.15, -0.1) is 0 Å². The van der Waals surface area contributed by atoms with Crippen molar-refractivity contribution in [2.75, 3.05) is 6.79 Å². The molecule has 1 aliphatic rings. The van der Waals surface area contributed by atoms with Crippen LogP contribution >= 0.6 is 0 Å². The van der Waals surface area contributed by atoms with E-state index in [0.717, 1.165) is 27.7 Å². The minimum atomic E-state index is 0.305. The predicted octanol–water partition coefficient (Wildman–Crippen LogP) is 3.12. The van der Waals surface area contributed by atoms with E-state index in [9.17, 15) is 0 Å². The van der Waals surface area contributed by atoms with Crippen LogP contribution in [0, 0.1) is 0 Å². The smallest absolute Gasteiger partial charge is 0.231 e. The van der Waals surface area contributed by atoms with Crippen LogP contribution < -0.4 is 9.47 Å². The monoisotopic (exact) mass is 223 g/mol. The molecule has 82 valence electrons. The highest BCUT2D eigenvalue weighted by atomic mass is 16.7. The summed E-state index contributed by atoms with van der Waals surface area (Å²) >= 11 is 0. The van der Waals surface area contributed by atoms with Gasteiger partial charge in [-0.3, -0.25) is 4.98 Å². The Kier molecular flexibility index (Phi) is 1.61. The van der Waals surface area contributed by atoms with Crippen LogP contribution in [-0.4, -0.2) is 11.8 Å². The van der Waals surface area contributed by atoms with Crippen molar-refractivity contribution in [2.45, 2.75) is 0 Å². The molecule has 0 saturated carbocycles. The average Bonchev–Trinajstić information content (AvgIpc) is 2.86. The molecular weight excluding hydrogens is 214 g/mol. The van der Waals surface area contributed by atoms with E-state index >= 15 is 0 Å². The first-order valence-electron chi connectivity index (χ1n) is 5.48. The van der Waals surface area contributed by atoms with Gasteiger partial charge in [0, 0.05) is 23.2 Å². The number of benzene rings is 2. The molecule has 4 rings (SSSR count). The third-order valence-corrected chi connectivity index (χ3v) is 3.15. The van der Waals surface area contributed by atoms with Crippen LogP contribution in [0.1, 0.15) is 0 Å². The third-order valence-electron chi connectivity index (χ3n) is 3.15. The molecule has 2 aromatic carbocycles. The number of pyridine rings is 1. The number of hydrogen-bond acceptors (Lipinski definition) is 3. The molecular formula is C14H9NO2. The molecule has 0 fully saturated rings. The summed E-state index contributed by atoms with van der Waals surface area (Å²) in [6.45, 7) is 0.305. The summed E-state index contributed by atoms with van der Waals surface area (Å²) in [6, 6.07) is 10.2. The molecule has 0 aliphatic carbocycles. The summed E-state index contributed by atoms with van der Waals surface area (Å²) in [7, 11) is 0. The number of nitrogens with zero attached hydrogens (tertiary/aromatic N) is 1. The summed E-state index contributed by atoms with van der Waals surface area (Å²) in [5, 5.41) is 4.56. The fourth-order valence-electron chi connectivity index (χ4n) is 2.34. The molecule has 0 spiro atoms. The maximum Gasteiger partial charge on any atom is 0.231 e. The van der Waals surface area contributed by atoms with Crippen LogP contribution in [0.2, 0.25) is 0 Å². The summed E-state index contributed by atoms with van der Waals surface area (Å²) in [6.07, 6.45) is 3.70. The van der Waals surface area contributed by atoms with Crippen molar-refractivity contribution in [3.05, 3.63) is 42.7 Å². The number of ether oxygens (including phenoxy) is 2. The summed E-state index contributed by atoms with van der Waals surface area (Å²) in [4.78, 5) is 4.18. The van der Waals surface area contributed by atoms with Crippen LogP contribution in [0.25, 0.3) is 21.5 Å². The molecule has 0 atom stereocenters. The second-order valence-electron chi connectivity index (χ2n) is 4.06. The van der Waals surface area contributed by atoms with Gasteiger partial charge in [0.25, 0.3) is 0 Å². The molecule has 3 nitrogen and oxygen atoms in total. The molecule has 0 saturated heterocycles. The molecule has 0 bridgehead atoms. The number of hydrogen-bond donors (Lipinski definition) is 0. The van der Waals surface area contributed by atoms with Crippen LogP contribution in [0.5, 0.6) is 11.5 Å². The normalized spacial score (nSPS) is 13.4. The molecule has 2 heterocycles. The van der Waals surface area contributed by atoms with Crippen molar-refractivity contribution in [3.8, 4) is 11.5 Å². The lowest BCUT2D eigenvalue weighted by Crippen LogP contribution is -1.93. The van der Waals surface area contributed by atoms with Crippen molar-refractivity contribution in [2.24, 2.45) is 0 Å². The molecule has 0 unspecified atom stereocenters. The topological polar surface area (TPSA) is 31.4 Å². The average molecular weight is 223 g/mol. The number of aromatic nitrogens is 1. The fourth-order valence-corrected chi connectivity index (χ4v) is 2.34. The van der Waals surface area contributed by atoms with Crippen LogP contribution in [0.15, 0.2) is 42.7 Å². The Labute approximate surface area is 97.6 Å². The lowest BCUT2D eigenvalue weighted by atomic mass is 10.0. The van der Waals surface area contributed by atoms with Crippen LogP contribution in [-0.2, 0) is 0 Å². The Balaban J connectivity index is 2.22. The van der Waals surface area contributed by atoms with Crippen molar-refractivity contribution >= 4 is 21.5 Å². The Morgan fingerprint density at radius 2 is 1.82 bits per heavy atom. The van der Waals surface area contributed by atoms with E-state index in [4.69, 9.17) is 9.47 Å².